The van der Waals surface area contributed by atoms with E-state index in [1.54, 1.807) is 0 Å². The van der Waals surface area contributed by atoms with Crippen molar-refractivity contribution in [2.45, 2.75) is 13.0 Å². The van der Waals surface area contributed by atoms with Crippen LogP contribution in [-0.4, -0.2) is 29.3 Å². The number of hydrogen-bond acceptors (Lipinski definition) is 4. The molecule has 0 bridgehead atoms. The zero-order chi connectivity index (χ0) is 19.6. The van der Waals surface area contributed by atoms with Gasteiger partial charge in [0.2, 0.25) is 0 Å². The third kappa shape index (κ3) is 4.08. The summed E-state index contributed by atoms with van der Waals surface area (Å²) in [6.07, 6.45) is -0.185. The Hall–Kier alpha value is -3.36. The van der Waals surface area contributed by atoms with Crippen LogP contribution in [0, 0.1) is 11.7 Å². The number of anilines is 1. The van der Waals surface area contributed by atoms with Gasteiger partial charge >= 0.3 is 12.6 Å². The fourth-order valence-corrected chi connectivity index (χ4v) is 2.63. The molecule has 27 heavy (non-hydrogen) atoms. The van der Waals surface area contributed by atoms with Crippen molar-refractivity contribution in [3.8, 4) is 5.75 Å². The zero-order valence-corrected chi connectivity index (χ0v) is 13.7. The highest BCUT2D eigenvalue weighted by Gasteiger charge is 2.37. The van der Waals surface area contributed by atoms with Crippen molar-refractivity contribution in [1.29, 1.82) is 0 Å². The van der Waals surface area contributed by atoms with Crippen LogP contribution in [0.15, 0.2) is 53.6 Å². The van der Waals surface area contributed by atoms with E-state index < -0.39 is 30.2 Å². The van der Waals surface area contributed by atoms with Crippen LogP contribution in [0.1, 0.15) is 12.0 Å². The predicted molar refractivity (Wildman–Crippen MR) is 89.2 cm³/mol. The first-order valence-corrected chi connectivity index (χ1v) is 7.80. The number of hydrazone groups is 1. The van der Waals surface area contributed by atoms with Crippen LogP contribution in [0.5, 0.6) is 5.75 Å². The highest BCUT2D eigenvalue weighted by atomic mass is 19.3. The number of aliphatic carboxylic acids is 1. The molecule has 1 atom stereocenters. The van der Waals surface area contributed by atoms with Gasteiger partial charge in [0.1, 0.15) is 17.5 Å². The first-order valence-electron chi connectivity index (χ1n) is 7.80. The van der Waals surface area contributed by atoms with Gasteiger partial charge in [0, 0.05) is 6.42 Å². The lowest BCUT2D eigenvalue weighted by atomic mass is 9.95. The first-order chi connectivity index (χ1) is 12.8. The van der Waals surface area contributed by atoms with E-state index in [-0.39, 0.29) is 23.6 Å². The molecule has 0 radical (unpaired) electrons. The van der Waals surface area contributed by atoms with Crippen LogP contribution in [0.4, 0.5) is 18.9 Å². The number of nitrogens with zero attached hydrogens (tertiary/aromatic N) is 2. The molecule has 0 saturated carbocycles. The number of amides is 1. The summed E-state index contributed by atoms with van der Waals surface area (Å²) in [6.45, 7) is -2.97. The van der Waals surface area contributed by atoms with Crippen molar-refractivity contribution in [3.05, 3.63) is 59.9 Å². The van der Waals surface area contributed by atoms with Gasteiger partial charge in [-0.1, -0.05) is 6.07 Å². The molecule has 0 aromatic heterocycles. The smallest absolute Gasteiger partial charge is 0.387 e. The lowest BCUT2D eigenvalue weighted by molar-refractivity contribution is -0.146. The largest absolute Gasteiger partial charge is 0.481 e. The summed E-state index contributed by atoms with van der Waals surface area (Å²) in [7, 11) is 0. The predicted octanol–water partition coefficient (Wildman–Crippen LogP) is 3.27. The van der Waals surface area contributed by atoms with E-state index in [1.165, 1.54) is 42.5 Å². The van der Waals surface area contributed by atoms with Gasteiger partial charge in [-0.15, -0.1) is 0 Å². The molecule has 1 heterocycles. The second-order valence-electron chi connectivity index (χ2n) is 5.67. The number of carbonyl (C=O) groups is 2. The molecule has 9 heteroatoms. The number of hydrogen-bond donors (Lipinski definition) is 1. The lowest BCUT2D eigenvalue weighted by Gasteiger charge is -2.27. The Morgan fingerprint density at radius 2 is 1.93 bits per heavy atom. The number of rotatable bonds is 5. The fraction of sp³-hybridized carbons (Fsp3) is 0.167. The van der Waals surface area contributed by atoms with Crippen molar-refractivity contribution in [2.24, 2.45) is 11.0 Å². The molecular weight excluding hydrogens is 365 g/mol. The first kappa shape index (κ1) is 18.4. The van der Waals surface area contributed by atoms with E-state index in [4.69, 9.17) is 0 Å². The Labute approximate surface area is 151 Å². The number of carbonyl (C=O) groups excluding carboxylic acids is 1. The van der Waals surface area contributed by atoms with Crippen LogP contribution in [0.2, 0.25) is 0 Å². The van der Waals surface area contributed by atoms with Crippen LogP contribution >= 0.6 is 0 Å². The third-order valence-electron chi connectivity index (χ3n) is 3.89. The molecule has 2 aromatic carbocycles. The summed E-state index contributed by atoms with van der Waals surface area (Å²) in [5.74, 6) is -4.22. The minimum absolute atomic E-state index is 0.0713. The molecule has 1 N–H and O–H groups in total. The van der Waals surface area contributed by atoms with Gasteiger partial charge in [-0.05, 0) is 48.0 Å². The number of benzene rings is 2. The molecule has 0 fully saturated rings. The standard InChI is InChI=1S/C18H13F3N2O4/c19-11-2-1-3-12(8-11)23-16(24)14(17(25)26)9-15(22-23)10-4-6-13(7-5-10)27-18(20)21/h1-8,14,18H,9H2,(H,25,26). The van der Waals surface area contributed by atoms with E-state index in [0.717, 1.165) is 11.1 Å². The topological polar surface area (TPSA) is 79.2 Å². The average Bonchev–Trinajstić information content (AvgIpc) is 2.62. The molecular formula is C18H13F3N2O4. The monoisotopic (exact) mass is 378 g/mol. The Bertz CT molecular complexity index is 900. The Morgan fingerprint density at radius 1 is 1.22 bits per heavy atom. The maximum atomic E-state index is 13.5. The summed E-state index contributed by atoms with van der Waals surface area (Å²) in [4.78, 5) is 23.9. The Morgan fingerprint density at radius 3 is 2.52 bits per heavy atom. The van der Waals surface area contributed by atoms with Crippen LogP contribution in [0.3, 0.4) is 0 Å². The average molecular weight is 378 g/mol. The lowest BCUT2D eigenvalue weighted by Crippen LogP contribution is -2.42. The molecule has 3 rings (SSSR count). The molecule has 2 aromatic rings. The van der Waals surface area contributed by atoms with E-state index in [9.17, 15) is 27.9 Å². The normalized spacial score (nSPS) is 17.0. The summed E-state index contributed by atoms with van der Waals surface area (Å²) >= 11 is 0. The van der Waals surface area contributed by atoms with E-state index >= 15 is 0 Å². The molecule has 1 amide bonds. The van der Waals surface area contributed by atoms with Gasteiger partial charge in [0.15, 0.2) is 0 Å². The molecule has 0 aliphatic carbocycles. The van der Waals surface area contributed by atoms with Gasteiger partial charge in [0.05, 0.1) is 11.4 Å². The number of carboxylic acid groups (broad SMARTS) is 1. The van der Waals surface area contributed by atoms with Crippen molar-refractivity contribution >= 4 is 23.3 Å². The van der Waals surface area contributed by atoms with Crippen molar-refractivity contribution in [1.82, 2.24) is 0 Å². The minimum Gasteiger partial charge on any atom is -0.481 e. The van der Waals surface area contributed by atoms with Gasteiger partial charge < -0.3 is 9.84 Å². The second kappa shape index (κ2) is 7.48. The molecule has 140 valence electrons. The molecule has 1 aliphatic rings. The van der Waals surface area contributed by atoms with Crippen LogP contribution in [-0.2, 0) is 9.59 Å². The highest BCUT2D eigenvalue weighted by Crippen LogP contribution is 2.27. The van der Waals surface area contributed by atoms with Gasteiger partial charge in [0.25, 0.3) is 5.91 Å². The van der Waals surface area contributed by atoms with Crippen molar-refractivity contribution in [2.75, 3.05) is 5.01 Å². The van der Waals surface area contributed by atoms with Gasteiger partial charge in [-0.3, -0.25) is 9.59 Å². The number of alkyl halides is 2. The second-order valence-corrected chi connectivity index (χ2v) is 5.67. The third-order valence-corrected chi connectivity index (χ3v) is 3.89. The Kier molecular flexibility index (Phi) is 5.11. The summed E-state index contributed by atoms with van der Waals surface area (Å²) in [5, 5.41) is 14.3. The van der Waals surface area contributed by atoms with Gasteiger partial charge in [-0.2, -0.15) is 18.9 Å². The number of halogens is 3. The Balaban J connectivity index is 1.98. The summed E-state index contributed by atoms with van der Waals surface area (Å²) in [5.41, 5.74) is 0.757. The van der Waals surface area contributed by atoms with E-state index in [1.807, 2.05) is 0 Å². The summed E-state index contributed by atoms with van der Waals surface area (Å²) in [6, 6.07) is 10.4. The van der Waals surface area contributed by atoms with Crippen molar-refractivity contribution in [3.63, 3.8) is 0 Å². The van der Waals surface area contributed by atoms with Crippen molar-refractivity contribution < 1.29 is 32.6 Å². The zero-order valence-electron chi connectivity index (χ0n) is 13.7. The number of carboxylic acids is 1. The van der Waals surface area contributed by atoms with Gasteiger partial charge in [-0.25, -0.2) is 4.39 Å². The molecule has 1 aliphatic heterocycles. The maximum absolute atomic E-state index is 13.5. The fourth-order valence-electron chi connectivity index (χ4n) is 2.63. The quantitative estimate of drug-likeness (QED) is 0.810. The molecule has 0 spiro atoms. The molecule has 0 saturated heterocycles. The minimum atomic E-state index is -2.97. The number of ether oxygens (including phenoxy) is 1. The summed E-state index contributed by atoms with van der Waals surface area (Å²) < 4.78 is 42.2. The van der Waals surface area contributed by atoms with E-state index in [0.29, 0.717) is 5.56 Å². The molecule has 1 unspecified atom stereocenters. The van der Waals surface area contributed by atoms with E-state index in [2.05, 4.69) is 9.84 Å². The van der Waals surface area contributed by atoms with Crippen LogP contribution < -0.4 is 9.75 Å². The molecule has 6 nitrogen and oxygen atoms in total. The SMILES string of the molecule is O=C(O)C1CC(c2ccc(OC(F)F)cc2)=NN(c2cccc(F)c2)C1=O. The maximum Gasteiger partial charge on any atom is 0.387 e. The van der Waals surface area contributed by atoms with Crippen LogP contribution in [0.25, 0.3) is 0 Å². The highest BCUT2D eigenvalue weighted by molar-refractivity contribution is 6.15.